The zero-order valence-electron chi connectivity index (χ0n) is 11.8. The molecular weight excluding hydrogens is 258 g/mol. The number of aliphatic hydroxyl groups excluding tert-OH is 1. The summed E-state index contributed by atoms with van der Waals surface area (Å²) in [6, 6.07) is 3.74. The van der Waals surface area contributed by atoms with Crippen LogP contribution in [0.2, 0.25) is 0 Å². The molecule has 2 rings (SSSR count). The van der Waals surface area contributed by atoms with Gasteiger partial charge in [-0.3, -0.25) is 4.79 Å². The van der Waals surface area contributed by atoms with E-state index < -0.39 is 0 Å². The maximum atomic E-state index is 12.1. The summed E-state index contributed by atoms with van der Waals surface area (Å²) in [4.78, 5) is 14.0. The highest BCUT2D eigenvalue weighted by molar-refractivity contribution is 5.76. The second-order valence-corrected chi connectivity index (χ2v) is 5.11. The first kappa shape index (κ1) is 15.1. The number of carbonyl (C=O) groups excluding carboxylic acids is 1. The third kappa shape index (κ3) is 4.65. The van der Waals surface area contributed by atoms with Crippen molar-refractivity contribution in [1.29, 1.82) is 0 Å². The third-order valence-corrected chi connectivity index (χ3v) is 3.62. The van der Waals surface area contributed by atoms with E-state index in [0.29, 0.717) is 25.9 Å². The highest BCUT2D eigenvalue weighted by atomic mass is 16.5. The number of hydrogen-bond donors (Lipinski definition) is 1. The molecule has 0 unspecified atom stereocenters. The largest absolute Gasteiger partial charge is 0.469 e. The molecule has 0 aromatic carbocycles. The molecule has 1 N–H and O–H groups in total. The predicted octanol–water partition coefficient (Wildman–Crippen LogP) is 1.60. The summed E-state index contributed by atoms with van der Waals surface area (Å²) >= 11 is 0. The Balaban J connectivity index is 1.64. The molecule has 2 heterocycles. The lowest BCUT2D eigenvalue weighted by Crippen LogP contribution is -2.41. The van der Waals surface area contributed by atoms with Crippen molar-refractivity contribution < 1.29 is 19.1 Å². The molecule has 1 aromatic rings. The number of rotatable bonds is 7. The molecule has 5 heteroatoms. The average molecular weight is 281 g/mol. The lowest BCUT2D eigenvalue weighted by molar-refractivity contribution is -0.133. The van der Waals surface area contributed by atoms with Crippen molar-refractivity contribution >= 4 is 5.91 Å². The lowest BCUT2D eigenvalue weighted by Gasteiger charge is -2.32. The number of nitrogens with zero attached hydrogens (tertiary/aromatic N) is 1. The van der Waals surface area contributed by atoms with Gasteiger partial charge < -0.3 is 19.2 Å². The number of carbonyl (C=O) groups is 1. The van der Waals surface area contributed by atoms with Crippen molar-refractivity contribution in [2.45, 2.75) is 38.2 Å². The molecule has 0 radical (unpaired) electrons. The minimum Gasteiger partial charge on any atom is -0.469 e. The van der Waals surface area contributed by atoms with Crippen LogP contribution in [0.25, 0.3) is 0 Å². The molecule has 1 aliphatic heterocycles. The van der Waals surface area contributed by atoms with Gasteiger partial charge in [0.1, 0.15) is 5.76 Å². The van der Waals surface area contributed by atoms with Crippen LogP contribution in [0.5, 0.6) is 0 Å². The molecule has 1 saturated heterocycles. The summed E-state index contributed by atoms with van der Waals surface area (Å²) in [5.41, 5.74) is 0. The van der Waals surface area contributed by atoms with Crippen LogP contribution in [0.15, 0.2) is 22.8 Å². The van der Waals surface area contributed by atoms with E-state index in [1.54, 1.807) is 6.26 Å². The lowest BCUT2D eigenvalue weighted by atomic mass is 10.1. The number of aryl methyl sites for hydroxylation is 1. The molecule has 5 nitrogen and oxygen atoms in total. The van der Waals surface area contributed by atoms with Crippen LogP contribution in [0.3, 0.4) is 0 Å². The number of piperidine rings is 1. The molecule has 0 spiro atoms. The Morgan fingerprint density at radius 1 is 1.45 bits per heavy atom. The summed E-state index contributed by atoms with van der Waals surface area (Å²) in [6.07, 6.45) is 5.49. The number of likely N-dealkylation sites (tertiary alicyclic amines) is 1. The van der Waals surface area contributed by atoms with Crippen LogP contribution in [0.4, 0.5) is 0 Å². The van der Waals surface area contributed by atoms with Crippen LogP contribution in [0, 0.1) is 0 Å². The first-order chi connectivity index (χ1) is 9.79. The van der Waals surface area contributed by atoms with E-state index in [4.69, 9.17) is 14.3 Å². The summed E-state index contributed by atoms with van der Waals surface area (Å²) in [5.74, 6) is 1.05. The van der Waals surface area contributed by atoms with Gasteiger partial charge in [-0.1, -0.05) is 0 Å². The number of amides is 1. The van der Waals surface area contributed by atoms with Gasteiger partial charge in [0.15, 0.2) is 0 Å². The highest BCUT2D eigenvalue weighted by Crippen LogP contribution is 2.15. The highest BCUT2D eigenvalue weighted by Gasteiger charge is 2.22. The van der Waals surface area contributed by atoms with Gasteiger partial charge in [-0.25, -0.2) is 0 Å². The molecule has 0 atom stereocenters. The van der Waals surface area contributed by atoms with E-state index in [2.05, 4.69) is 0 Å². The SMILES string of the molecule is O=C(CCc1ccco1)N1CCC(OCCCO)CC1. The van der Waals surface area contributed by atoms with Gasteiger partial charge in [0.25, 0.3) is 0 Å². The van der Waals surface area contributed by atoms with Crippen molar-refractivity contribution in [3.05, 3.63) is 24.2 Å². The van der Waals surface area contributed by atoms with E-state index >= 15 is 0 Å². The minimum atomic E-state index is 0.171. The van der Waals surface area contributed by atoms with Crippen LogP contribution in [-0.2, 0) is 16.0 Å². The standard InChI is InChI=1S/C15H23NO4/c17-10-2-12-20-14-6-8-16(9-7-14)15(18)5-4-13-3-1-11-19-13/h1,3,11,14,17H,2,4-10,12H2. The Bertz CT molecular complexity index is 383. The van der Waals surface area contributed by atoms with Crippen molar-refractivity contribution in [1.82, 2.24) is 4.90 Å². The molecule has 1 amide bonds. The molecule has 0 bridgehead atoms. The van der Waals surface area contributed by atoms with Crippen molar-refractivity contribution in [3.63, 3.8) is 0 Å². The minimum absolute atomic E-state index is 0.171. The zero-order chi connectivity index (χ0) is 14.2. The van der Waals surface area contributed by atoms with Crippen molar-refractivity contribution in [2.75, 3.05) is 26.3 Å². The number of aliphatic hydroxyl groups is 1. The van der Waals surface area contributed by atoms with Gasteiger partial charge in [-0.15, -0.1) is 0 Å². The molecule has 0 saturated carbocycles. The Kier molecular flexibility index (Phi) is 6.08. The number of hydrogen-bond acceptors (Lipinski definition) is 4. The van der Waals surface area contributed by atoms with Gasteiger partial charge in [-0.05, 0) is 31.4 Å². The monoisotopic (exact) mass is 281 g/mol. The van der Waals surface area contributed by atoms with Crippen LogP contribution in [0.1, 0.15) is 31.4 Å². The molecule has 0 aliphatic carbocycles. The van der Waals surface area contributed by atoms with Crippen LogP contribution in [-0.4, -0.2) is 48.3 Å². The first-order valence-corrected chi connectivity index (χ1v) is 7.32. The Hall–Kier alpha value is -1.33. The molecule has 1 aliphatic rings. The van der Waals surface area contributed by atoms with Crippen LogP contribution >= 0.6 is 0 Å². The van der Waals surface area contributed by atoms with Crippen molar-refractivity contribution in [3.8, 4) is 0 Å². The van der Waals surface area contributed by atoms with E-state index in [0.717, 1.165) is 31.7 Å². The molecule has 112 valence electrons. The van der Waals surface area contributed by atoms with Gasteiger partial charge in [0.2, 0.25) is 5.91 Å². The summed E-state index contributed by atoms with van der Waals surface area (Å²) in [6.45, 7) is 2.30. The quantitative estimate of drug-likeness (QED) is 0.771. The van der Waals surface area contributed by atoms with E-state index in [1.807, 2.05) is 17.0 Å². The summed E-state index contributed by atoms with van der Waals surface area (Å²) in [7, 11) is 0. The van der Waals surface area contributed by atoms with Gasteiger partial charge >= 0.3 is 0 Å². The van der Waals surface area contributed by atoms with Crippen LogP contribution < -0.4 is 0 Å². The fraction of sp³-hybridized carbons (Fsp3) is 0.667. The average Bonchev–Trinajstić information content (AvgIpc) is 2.99. The van der Waals surface area contributed by atoms with E-state index in [-0.39, 0.29) is 18.6 Å². The maximum Gasteiger partial charge on any atom is 0.223 e. The number of ether oxygens (including phenoxy) is 1. The normalized spacial score (nSPS) is 16.6. The summed E-state index contributed by atoms with van der Waals surface area (Å²) < 4.78 is 10.9. The second kappa shape index (κ2) is 8.07. The second-order valence-electron chi connectivity index (χ2n) is 5.11. The van der Waals surface area contributed by atoms with Gasteiger partial charge in [0.05, 0.1) is 12.4 Å². The zero-order valence-corrected chi connectivity index (χ0v) is 11.8. The molecule has 1 fully saturated rings. The van der Waals surface area contributed by atoms with Gasteiger partial charge in [0, 0.05) is 39.1 Å². The predicted molar refractivity (Wildman–Crippen MR) is 74.3 cm³/mol. The first-order valence-electron chi connectivity index (χ1n) is 7.32. The maximum absolute atomic E-state index is 12.1. The fourth-order valence-electron chi connectivity index (χ4n) is 2.43. The Labute approximate surface area is 119 Å². The van der Waals surface area contributed by atoms with E-state index in [1.165, 1.54) is 0 Å². The third-order valence-electron chi connectivity index (χ3n) is 3.62. The smallest absolute Gasteiger partial charge is 0.223 e. The van der Waals surface area contributed by atoms with Crippen molar-refractivity contribution in [2.24, 2.45) is 0 Å². The summed E-state index contributed by atoms with van der Waals surface area (Å²) in [5, 5.41) is 8.71. The van der Waals surface area contributed by atoms with E-state index in [9.17, 15) is 4.79 Å². The molecule has 20 heavy (non-hydrogen) atoms. The number of furan rings is 1. The van der Waals surface area contributed by atoms with Gasteiger partial charge in [-0.2, -0.15) is 0 Å². The molecular formula is C15H23NO4. The molecule has 1 aromatic heterocycles. The Morgan fingerprint density at radius 2 is 2.25 bits per heavy atom. The topological polar surface area (TPSA) is 62.9 Å². The fourth-order valence-corrected chi connectivity index (χ4v) is 2.43. The Morgan fingerprint density at radius 3 is 2.90 bits per heavy atom.